The van der Waals surface area contributed by atoms with E-state index in [-0.39, 0.29) is 12.2 Å². The van der Waals surface area contributed by atoms with E-state index in [2.05, 4.69) is 4.99 Å². The van der Waals surface area contributed by atoms with Crippen molar-refractivity contribution in [3.63, 3.8) is 0 Å². The highest BCUT2D eigenvalue weighted by Gasteiger charge is 2.33. The summed E-state index contributed by atoms with van der Waals surface area (Å²) in [6.45, 7) is 8.08. The van der Waals surface area contributed by atoms with Crippen LogP contribution < -0.4 is 24.4 Å². The lowest BCUT2D eigenvalue weighted by Gasteiger charge is -2.25. The summed E-state index contributed by atoms with van der Waals surface area (Å²) in [5.74, 6) is 0.605. The summed E-state index contributed by atoms with van der Waals surface area (Å²) < 4.78 is 18.7. The summed E-state index contributed by atoms with van der Waals surface area (Å²) in [5.41, 5.74) is 3.39. The third-order valence-corrected chi connectivity index (χ3v) is 6.68. The van der Waals surface area contributed by atoms with Crippen LogP contribution in [0.2, 0.25) is 0 Å². The van der Waals surface area contributed by atoms with Gasteiger partial charge < -0.3 is 14.2 Å². The minimum absolute atomic E-state index is 0.215. The molecule has 4 rings (SSSR count). The molecule has 1 aliphatic heterocycles. The van der Waals surface area contributed by atoms with E-state index >= 15 is 0 Å². The van der Waals surface area contributed by atoms with Crippen LogP contribution in [0.25, 0.3) is 6.08 Å². The zero-order chi connectivity index (χ0) is 25.1. The maximum atomic E-state index is 13.7. The molecule has 0 saturated carbocycles. The Morgan fingerprint density at radius 2 is 1.83 bits per heavy atom. The predicted molar refractivity (Wildman–Crippen MR) is 136 cm³/mol. The molecule has 0 bridgehead atoms. The van der Waals surface area contributed by atoms with Gasteiger partial charge in [0.15, 0.2) is 16.3 Å². The molecule has 182 valence electrons. The molecule has 2 heterocycles. The molecule has 0 saturated heterocycles. The normalized spacial score (nSPS) is 15.5. The topological polar surface area (TPSA) is 79.1 Å². The van der Waals surface area contributed by atoms with Crippen molar-refractivity contribution in [1.82, 2.24) is 4.57 Å². The highest BCUT2D eigenvalue weighted by Crippen LogP contribution is 2.36. The number of methoxy groups -OCH3 is 1. The van der Waals surface area contributed by atoms with E-state index in [1.54, 1.807) is 31.6 Å². The minimum atomic E-state index is -0.712. The summed E-state index contributed by atoms with van der Waals surface area (Å²) in [6.07, 6.45) is 1.85. The third-order valence-electron chi connectivity index (χ3n) is 5.70. The second-order valence-corrected chi connectivity index (χ2v) is 9.07. The van der Waals surface area contributed by atoms with E-state index in [1.165, 1.54) is 11.3 Å². The second kappa shape index (κ2) is 10.3. The van der Waals surface area contributed by atoms with Crippen molar-refractivity contribution in [3.8, 4) is 11.5 Å². The molecule has 0 unspecified atom stereocenters. The van der Waals surface area contributed by atoms with E-state index in [0.717, 1.165) is 11.1 Å². The quantitative estimate of drug-likeness (QED) is 0.472. The van der Waals surface area contributed by atoms with Crippen LogP contribution in [0.15, 0.2) is 63.5 Å². The van der Waals surface area contributed by atoms with Crippen LogP contribution in [0.4, 0.5) is 0 Å². The number of hydrogen-bond donors (Lipinski definition) is 0. The van der Waals surface area contributed by atoms with E-state index < -0.39 is 12.0 Å². The van der Waals surface area contributed by atoms with Crippen molar-refractivity contribution in [3.05, 3.63) is 90.1 Å². The Balaban J connectivity index is 1.96. The summed E-state index contributed by atoms with van der Waals surface area (Å²) in [5, 5.41) is 0. The number of aryl methyl sites for hydroxylation is 1. The number of aromatic nitrogens is 1. The lowest BCUT2D eigenvalue weighted by Crippen LogP contribution is -2.40. The largest absolute Gasteiger partial charge is 0.493 e. The first-order valence-electron chi connectivity index (χ1n) is 11.4. The molecular formula is C27H28N2O5S. The van der Waals surface area contributed by atoms with Gasteiger partial charge in [0.2, 0.25) is 0 Å². The average Bonchev–Trinajstić information content (AvgIpc) is 3.14. The molecule has 2 aromatic carbocycles. The first-order chi connectivity index (χ1) is 16.9. The number of thiazole rings is 1. The number of carbonyl (C=O) groups excluding carboxylic acids is 1. The molecule has 0 amide bonds. The number of esters is 1. The molecule has 35 heavy (non-hydrogen) atoms. The van der Waals surface area contributed by atoms with Gasteiger partial charge in [-0.25, -0.2) is 9.79 Å². The van der Waals surface area contributed by atoms with Gasteiger partial charge in [0, 0.05) is 0 Å². The van der Waals surface area contributed by atoms with Gasteiger partial charge in [-0.1, -0.05) is 47.2 Å². The number of carbonyl (C=O) groups is 1. The molecule has 8 heteroatoms. The molecule has 0 fully saturated rings. The highest BCUT2D eigenvalue weighted by atomic mass is 32.1. The molecule has 3 aromatic rings. The van der Waals surface area contributed by atoms with Gasteiger partial charge in [-0.15, -0.1) is 0 Å². The standard InChI is InChI=1S/C27H28N2O5S/c1-6-33-21-15-19(12-13-20(21)32-5)24-23(26(31)34-7-2)17(4)28-27-29(24)25(30)22(35-27)14-18-10-8-16(3)9-11-18/h8-15,24H,6-7H2,1-5H3/t24-/m0/s1. The number of ether oxygens (including phenoxy) is 3. The SMILES string of the molecule is CCOC(=O)C1=C(C)N=c2sc(=Cc3ccc(C)cc3)c(=O)n2[C@H]1c1ccc(OC)c(OCC)c1. The van der Waals surface area contributed by atoms with Gasteiger partial charge in [0.25, 0.3) is 5.56 Å². The number of hydrogen-bond acceptors (Lipinski definition) is 7. The van der Waals surface area contributed by atoms with Crippen LogP contribution in [0.3, 0.4) is 0 Å². The fourth-order valence-electron chi connectivity index (χ4n) is 4.05. The number of fused-ring (bicyclic) bond motifs is 1. The van der Waals surface area contributed by atoms with Crippen molar-refractivity contribution in [1.29, 1.82) is 0 Å². The summed E-state index contributed by atoms with van der Waals surface area (Å²) in [4.78, 5) is 31.9. The molecule has 0 N–H and O–H groups in total. The van der Waals surface area contributed by atoms with Crippen LogP contribution in [-0.2, 0) is 9.53 Å². The Bertz CT molecular complexity index is 1460. The van der Waals surface area contributed by atoms with Gasteiger partial charge in [0.05, 0.1) is 42.2 Å². The van der Waals surface area contributed by atoms with Crippen LogP contribution in [0, 0.1) is 6.92 Å². The van der Waals surface area contributed by atoms with Crippen LogP contribution >= 0.6 is 11.3 Å². The van der Waals surface area contributed by atoms with Crippen molar-refractivity contribution in [2.45, 2.75) is 33.7 Å². The summed E-state index contributed by atoms with van der Waals surface area (Å²) in [6, 6.07) is 12.7. The number of benzene rings is 2. The maximum Gasteiger partial charge on any atom is 0.338 e. The average molecular weight is 493 g/mol. The Kier molecular flexibility index (Phi) is 7.21. The van der Waals surface area contributed by atoms with Gasteiger partial charge in [-0.05, 0) is 57.0 Å². The minimum Gasteiger partial charge on any atom is -0.493 e. The van der Waals surface area contributed by atoms with E-state index in [9.17, 15) is 9.59 Å². The van der Waals surface area contributed by atoms with Crippen molar-refractivity contribution < 1.29 is 19.0 Å². The second-order valence-electron chi connectivity index (χ2n) is 8.06. The van der Waals surface area contributed by atoms with E-state index in [4.69, 9.17) is 14.2 Å². The molecule has 0 aliphatic carbocycles. The Morgan fingerprint density at radius 1 is 1.09 bits per heavy atom. The lowest BCUT2D eigenvalue weighted by molar-refractivity contribution is -0.139. The number of nitrogens with zero attached hydrogens (tertiary/aromatic N) is 2. The predicted octanol–water partition coefficient (Wildman–Crippen LogP) is 3.51. The van der Waals surface area contributed by atoms with E-state index in [1.807, 2.05) is 56.3 Å². The zero-order valence-electron chi connectivity index (χ0n) is 20.5. The fraction of sp³-hybridized carbons (Fsp3) is 0.296. The van der Waals surface area contributed by atoms with Crippen LogP contribution in [-0.4, -0.2) is 30.9 Å². The lowest BCUT2D eigenvalue weighted by atomic mass is 9.95. The van der Waals surface area contributed by atoms with E-state index in [0.29, 0.717) is 44.3 Å². The fourth-order valence-corrected chi connectivity index (χ4v) is 5.10. The first-order valence-corrected chi connectivity index (χ1v) is 12.3. The maximum absolute atomic E-state index is 13.7. The summed E-state index contributed by atoms with van der Waals surface area (Å²) >= 11 is 1.30. The monoisotopic (exact) mass is 492 g/mol. The molecule has 0 radical (unpaired) electrons. The number of rotatable bonds is 7. The zero-order valence-corrected chi connectivity index (χ0v) is 21.3. The first kappa shape index (κ1) is 24.5. The molecule has 1 aromatic heterocycles. The van der Waals surface area contributed by atoms with Gasteiger partial charge in [-0.2, -0.15) is 0 Å². The van der Waals surface area contributed by atoms with Crippen molar-refractivity contribution in [2.24, 2.45) is 4.99 Å². The third kappa shape index (κ3) is 4.79. The Hall–Kier alpha value is -3.65. The van der Waals surface area contributed by atoms with Crippen LogP contribution in [0.1, 0.15) is 43.5 Å². The molecule has 7 nitrogen and oxygen atoms in total. The highest BCUT2D eigenvalue weighted by molar-refractivity contribution is 7.07. The summed E-state index contributed by atoms with van der Waals surface area (Å²) in [7, 11) is 1.57. The molecule has 0 spiro atoms. The van der Waals surface area contributed by atoms with Gasteiger partial charge in [-0.3, -0.25) is 9.36 Å². The van der Waals surface area contributed by atoms with Gasteiger partial charge >= 0.3 is 5.97 Å². The molecular weight excluding hydrogens is 464 g/mol. The Labute approximate surface area is 207 Å². The smallest absolute Gasteiger partial charge is 0.338 e. The van der Waals surface area contributed by atoms with Gasteiger partial charge in [0.1, 0.15) is 0 Å². The van der Waals surface area contributed by atoms with Crippen molar-refractivity contribution in [2.75, 3.05) is 20.3 Å². The Morgan fingerprint density at radius 3 is 2.49 bits per heavy atom. The molecule has 1 atom stereocenters. The molecule has 1 aliphatic rings. The van der Waals surface area contributed by atoms with Crippen LogP contribution in [0.5, 0.6) is 11.5 Å². The van der Waals surface area contributed by atoms with Crippen molar-refractivity contribution >= 4 is 23.4 Å². The number of allylic oxidation sites excluding steroid dienone is 1.